The predicted molar refractivity (Wildman–Crippen MR) is 62.6 cm³/mol. The number of nitrogens with one attached hydrogen (secondary N) is 1. The van der Waals surface area contributed by atoms with E-state index in [4.69, 9.17) is 9.15 Å². The molecule has 18 heavy (non-hydrogen) atoms. The van der Waals surface area contributed by atoms with Crippen molar-refractivity contribution in [2.45, 2.75) is 19.3 Å². The molecule has 0 spiro atoms. The lowest BCUT2D eigenvalue weighted by Crippen LogP contribution is -2.28. The summed E-state index contributed by atoms with van der Waals surface area (Å²) >= 11 is 0. The molecular formula is C13H11NO4. The van der Waals surface area contributed by atoms with Gasteiger partial charge in [-0.3, -0.25) is 9.59 Å². The SMILES string of the molecule is Cc1cc2c(c(=O)[nH]1)C(c1ccco1)CC(=O)O2. The minimum absolute atomic E-state index is 0.118. The third-order valence-electron chi connectivity index (χ3n) is 3.00. The Morgan fingerprint density at radius 2 is 2.22 bits per heavy atom. The molecule has 5 nitrogen and oxygen atoms in total. The Morgan fingerprint density at radius 3 is 2.94 bits per heavy atom. The van der Waals surface area contributed by atoms with Crippen LogP contribution in [0.3, 0.4) is 0 Å². The third kappa shape index (κ3) is 1.64. The Balaban J connectivity index is 2.21. The number of fused-ring (bicyclic) bond motifs is 1. The monoisotopic (exact) mass is 245 g/mol. The number of carbonyl (C=O) groups excluding carboxylic acids is 1. The van der Waals surface area contributed by atoms with Crippen molar-refractivity contribution >= 4 is 5.97 Å². The molecule has 0 fully saturated rings. The molecule has 1 aliphatic heterocycles. The van der Waals surface area contributed by atoms with E-state index in [0.717, 1.165) is 0 Å². The molecule has 0 saturated heterocycles. The van der Waals surface area contributed by atoms with Crippen molar-refractivity contribution in [3.05, 3.63) is 51.8 Å². The minimum atomic E-state index is -0.374. The highest BCUT2D eigenvalue weighted by atomic mass is 16.5. The van der Waals surface area contributed by atoms with E-state index in [1.807, 2.05) is 0 Å². The van der Waals surface area contributed by atoms with Gasteiger partial charge in [-0.05, 0) is 19.1 Å². The molecule has 92 valence electrons. The van der Waals surface area contributed by atoms with Crippen LogP contribution in [0, 0.1) is 6.92 Å². The van der Waals surface area contributed by atoms with Crippen molar-refractivity contribution < 1.29 is 13.9 Å². The molecule has 1 N–H and O–H groups in total. The number of H-pyrrole nitrogens is 1. The van der Waals surface area contributed by atoms with Gasteiger partial charge in [0, 0.05) is 11.8 Å². The highest BCUT2D eigenvalue weighted by molar-refractivity contribution is 5.77. The molecule has 0 bridgehead atoms. The van der Waals surface area contributed by atoms with Crippen LogP contribution in [-0.4, -0.2) is 11.0 Å². The van der Waals surface area contributed by atoms with Crippen molar-refractivity contribution in [2.75, 3.05) is 0 Å². The maximum atomic E-state index is 12.0. The van der Waals surface area contributed by atoms with Crippen LogP contribution in [-0.2, 0) is 4.79 Å². The van der Waals surface area contributed by atoms with Crippen molar-refractivity contribution in [3.63, 3.8) is 0 Å². The van der Waals surface area contributed by atoms with Crippen LogP contribution in [0.5, 0.6) is 5.75 Å². The molecule has 1 aliphatic rings. The van der Waals surface area contributed by atoms with E-state index >= 15 is 0 Å². The Hall–Kier alpha value is -2.30. The molecule has 1 unspecified atom stereocenters. The van der Waals surface area contributed by atoms with Gasteiger partial charge in [-0.15, -0.1) is 0 Å². The van der Waals surface area contributed by atoms with Crippen LogP contribution in [0.25, 0.3) is 0 Å². The van der Waals surface area contributed by atoms with E-state index in [1.54, 1.807) is 25.1 Å². The molecule has 0 aromatic carbocycles. The smallest absolute Gasteiger partial charge is 0.312 e. The van der Waals surface area contributed by atoms with Crippen LogP contribution < -0.4 is 10.3 Å². The number of rotatable bonds is 1. The van der Waals surface area contributed by atoms with Crippen LogP contribution >= 0.6 is 0 Å². The molecule has 2 aromatic heterocycles. The fourth-order valence-corrected chi connectivity index (χ4v) is 2.25. The second-order valence-electron chi connectivity index (χ2n) is 4.31. The summed E-state index contributed by atoms with van der Waals surface area (Å²) in [4.78, 5) is 26.3. The molecule has 0 aliphatic carbocycles. The lowest BCUT2D eigenvalue weighted by atomic mass is 9.91. The molecule has 0 amide bonds. The summed E-state index contributed by atoms with van der Waals surface area (Å²) in [6, 6.07) is 5.15. The van der Waals surface area contributed by atoms with Crippen LogP contribution in [0.4, 0.5) is 0 Å². The predicted octanol–water partition coefficient (Wildman–Crippen LogP) is 1.72. The maximum absolute atomic E-state index is 12.0. The molecule has 5 heteroatoms. The molecule has 2 aromatic rings. The van der Waals surface area contributed by atoms with Crippen LogP contribution in [0.1, 0.15) is 29.4 Å². The van der Waals surface area contributed by atoms with E-state index in [1.165, 1.54) is 6.26 Å². The number of aromatic amines is 1. The number of aromatic nitrogens is 1. The minimum Gasteiger partial charge on any atom is -0.469 e. The second-order valence-corrected chi connectivity index (χ2v) is 4.31. The number of hydrogen-bond acceptors (Lipinski definition) is 4. The number of aryl methyl sites for hydroxylation is 1. The molecular weight excluding hydrogens is 234 g/mol. The van der Waals surface area contributed by atoms with E-state index in [-0.39, 0.29) is 23.9 Å². The summed E-state index contributed by atoms with van der Waals surface area (Å²) in [6.45, 7) is 1.74. The summed E-state index contributed by atoms with van der Waals surface area (Å²) in [5, 5.41) is 0. The zero-order valence-electron chi connectivity index (χ0n) is 9.73. The summed E-state index contributed by atoms with van der Waals surface area (Å²) in [5.41, 5.74) is 0.876. The Bertz CT molecular complexity index is 654. The summed E-state index contributed by atoms with van der Waals surface area (Å²) < 4.78 is 10.4. The first-order valence-electron chi connectivity index (χ1n) is 5.63. The molecule has 3 heterocycles. The fourth-order valence-electron chi connectivity index (χ4n) is 2.25. The number of ether oxygens (including phenoxy) is 1. The number of pyridine rings is 1. The Morgan fingerprint density at radius 1 is 1.39 bits per heavy atom. The Labute approximate surface area is 102 Å². The van der Waals surface area contributed by atoms with E-state index in [2.05, 4.69) is 4.98 Å². The topological polar surface area (TPSA) is 72.3 Å². The van der Waals surface area contributed by atoms with Gasteiger partial charge in [-0.25, -0.2) is 0 Å². The average molecular weight is 245 g/mol. The highest BCUT2D eigenvalue weighted by Gasteiger charge is 2.32. The summed E-state index contributed by atoms with van der Waals surface area (Å²) in [7, 11) is 0. The van der Waals surface area contributed by atoms with Crippen molar-refractivity contribution in [2.24, 2.45) is 0 Å². The summed E-state index contributed by atoms with van der Waals surface area (Å²) in [5.74, 6) is 0.200. The van der Waals surface area contributed by atoms with Gasteiger partial charge in [0.15, 0.2) is 0 Å². The zero-order chi connectivity index (χ0) is 12.7. The van der Waals surface area contributed by atoms with E-state index in [9.17, 15) is 9.59 Å². The van der Waals surface area contributed by atoms with Gasteiger partial charge in [0.05, 0.1) is 24.2 Å². The van der Waals surface area contributed by atoms with Crippen LogP contribution in [0.15, 0.2) is 33.7 Å². The summed E-state index contributed by atoms with van der Waals surface area (Å²) in [6.07, 6.45) is 1.64. The van der Waals surface area contributed by atoms with Gasteiger partial charge >= 0.3 is 5.97 Å². The lowest BCUT2D eigenvalue weighted by Gasteiger charge is -2.22. The molecule has 0 saturated carbocycles. The lowest BCUT2D eigenvalue weighted by molar-refractivity contribution is -0.135. The zero-order valence-corrected chi connectivity index (χ0v) is 9.73. The maximum Gasteiger partial charge on any atom is 0.312 e. The first-order valence-corrected chi connectivity index (χ1v) is 5.63. The number of hydrogen-bond donors (Lipinski definition) is 1. The first kappa shape index (κ1) is 10.8. The second kappa shape index (κ2) is 3.87. The number of carbonyl (C=O) groups is 1. The molecule has 1 atom stereocenters. The van der Waals surface area contributed by atoms with Gasteiger partial charge in [0.2, 0.25) is 0 Å². The van der Waals surface area contributed by atoms with E-state index < -0.39 is 0 Å². The van der Waals surface area contributed by atoms with Gasteiger partial charge in [0.25, 0.3) is 5.56 Å². The molecule has 0 radical (unpaired) electrons. The van der Waals surface area contributed by atoms with Gasteiger partial charge in [0.1, 0.15) is 11.5 Å². The number of furan rings is 1. The van der Waals surface area contributed by atoms with Gasteiger partial charge in [-0.2, -0.15) is 0 Å². The highest BCUT2D eigenvalue weighted by Crippen LogP contribution is 2.36. The Kier molecular flexibility index (Phi) is 2.33. The van der Waals surface area contributed by atoms with Gasteiger partial charge < -0.3 is 14.1 Å². The average Bonchev–Trinajstić information content (AvgIpc) is 2.79. The van der Waals surface area contributed by atoms with Crippen molar-refractivity contribution in [3.8, 4) is 5.75 Å². The third-order valence-corrected chi connectivity index (χ3v) is 3.00. The van der Waals surface area contributed by atoms with E-state index in [0.29, 0.717) is 22.8 Å². The standard InChI is InChI=1S/C13H11NO4/c1-7-5-10-12(13(16)14-7)8(6-11(15)18-10)9-3-2-4-17-9/h2-5,8H,6H2,1H3,(H,14,16). The van der Waals surface area contributed by atoms with Crippen molar-refractivity contribution in [1.82, 2.24) is 4.98 Å². The fraction of sp³-hybridized carbons (Fsp3) is 0.231. The van der Waals surface area contributed by atoms with Gasteiger partial charge in [-0.1, -0.05) is 0 Å². The largest absolute Gasteiger partial charge is 0.469 e. The number of esters is 1. The molecule has 3 rings (SSSR count). The normalized spacial score (nSPS) is 18.3. The first-order chi connectivity index (χ1) is 8.65. The quantitative estimate of drug-likeness (QED) is 0.776. The van der Waals surface area contributed by atoms with Crippen molar-refractivity contribution in [1.29, 1.82) is 0 Å². The van der Waals surface area contributed by atoms with Crippen LogP contribution in [0.2, 0.25) is 0 Å².